The van der Waals surface area contributed by atoms with Crippen LogP contribution in [0.5, 0.6) is 0 Å². The van der Waals surface area contributed by atoms with E-state index >= 15 is 0 Å². The minimum absolute atomic E-state index is 0.0154. The molecular formula is C17H22BrN5O5. The van der Waals surface area contributed by atoms with Gasteiger partial charge in [0.1, 0.15) is 15.8 Å². The van der Waals surface area contributed by atoms with E-state index in [1.165, 1.54) is 6.20 Å². The molecule has 0 atom stereocenters. The number of carbonyl (C=O) groups is 2. The maximum absolute atomic E-state index is 12.8. The van der Waals surface area contributed by atoms with Crippen molar-refractivity contribution in [2.24, 2.45) is 0 Å². The second kappa shape index (κ2) is 7.82. The average molecular weight is 456 g/mol. The van der Waals surface area contributed by atoms with Crippen molar-refractivity contribution in [3.8, 4) is 11.6 Å². The third-order valence-electron chi connectivity index (χ3n) is 2.82. The zero-order chi connectivity index (χ0) is 21.3. The molecule has 0 N–H and O–H groups in total. The maximum Gasteiger partial charge on any atom is 0.425 e. The number of ether oxygens (including phenoxy) is 2. The van der Waals surface area contributed by atoms with Crippen LogP contribution in [-0.2, 0) is 9.47 Å². The molecule has 2 rings (SSSR count). The Morgan fingerprint density at radius 2 is 1.57 bits per heavy atom. The number of amides is 2. The van der Waals surface area contributed by atoms with Gasteiger partial charge in [-0.3, -0.25) is 0 Å². The van der Waals surface area contributed by atoms with Crippen LogP contribution in [0.1, 0.15) is 47.4 Å². The third kappa shape index (κ3) is 5.72. The normalized spacial score (nSPS) is 11.9. The van der Waals surface area contributed by atoms with Crippen molar-refractivity contribution in [3.05, 3.63) is 16.7 Å². The van der Waals surface area contributed by atoms with Gasteiger partial charge in [-0.1, -0.05) is 0 Å². The van der Waals surface area contributed by atoms with E-state index in [2.05, 4.69) is 36.1 Å². The summed E-state index contributed by atoms with van der Waals surface area (Å²) in [6.07, 6.45) is -0.629. The molecule has 2 aromatic heterocycles. The van der Waals surface area contributed by atoms with Crippen LogP contribution < -0.4 is 4.90 Å². The lowest BCUT2D eigenvalue weighted by molar-refractivity contribution is 0.0429. The van der Waals surface area contributed by atoms with Crippen molar-refractivity contribution in [1.29, 1.82) is 0 Å². The van der Waals surface area contributed by atoms with Crippen molar-refractivity contribution in [1.82, 2.24) is 20.2 Å². The molecule has 0 aliphatic carbocycles. The number of halogens is 1. The summed E-state index contributed by atoms with van der Waals surface area (Å²) in [5, 5.41) is 7.65. The molecule has 0 fully saturated rings. The van der Waals surface area contributed by atoms with Gasteiger partial charge in [0.2, 0.25) is 5.89 Å². The number of imide groups is 1. The van der Waals surface area contributed by atoms with Crippen LogP contribution in [0.3, 0.4) is 0 Å². The molecule has 0 saturated heterocycles. The Kier molecular flexibility index (Phi) is 6.07. The van der Waals surface area contributed by atoms with E-state index in [-0.39, 0.29) is 23.3 Å². The van der Waals surface area contributed by atoms with Crippen molar-refractivity contribution in [2.75, 3.05) is 4.90 Å². The van der Waals surface area contributed by atoms with Crippen molar-refractivity contribution < 1.29 is 23.5 Å². The predicted octanol–water partition coefficient (Wildman–Crippen LogP) is 4.27. The number of hydrogen-bond acceptors (Lipinski definition) is 9. The highest BCUT2D eigenvalue weighted by Gasteiger charge is 2.36. The molecular weight excluding hydrogens is 434 g/mol. The summed E-state index contributed by atoms with van der Waals surface area (Å²) < 4.78 is 16.5. The summed E-state index contributed by atoms with van der Waals surface area (Å²) in [4.78, 5) is 34.7. The van der Waals surface area contributed by atoms with Crippen LogP contribution in [0.2, 0.25) is 0 Å². The lowest BCUT2D eigenvalue weighted by Gasteiger charge is -2.28. The Balaban J connectivity index is 2.60. The van der Waals surface area contributed by atoms with Gasteiger partial charge in [0.15, 0.2) is 11.5 Å². The van der Waals surface area contributed by atoms with Crippen LogP contribution in [-0.4, -0.2) is 43.6 Å². The Morgan fingerprint density at radius 1 is 1.04 bits per heavy atom. The molecule has 28 heavy (non-hydrogen) atoms. The molecule has 2 amide bonds. The van der Waals surface area contributed by atoms with Gasteiger partial charge in [-0.25, -0.2) is 19.6 Å². The SMILES string of the molecule is Cc1nnc(-c2nc(Br)cnc2N(C(=O)OC(C)(C)C)C(=O)OC(C)(C)C)o1. The van der Waals surface area contributed by atoms with E-state index in [9.17, 15) is 9.59 Å². The maximum atomic E-state index is 12.8. The fourth-order valence-electron chi connectivity index (χ4n) is 1.92. The largest absolute Gasteiger partial charge is 0.443 e. The second-order valence-corrected chi connectivity index (χ2v) is 8.60. The fraction of sp³-hybridized carbons (Fsp3) is 0.529. The fourth-order valence-corrected chi connectivity index (χ4v) is 2.20. The summed E-state index contributed by atoms with van der Waals surface area (Å²) in [6, 6.07) is 0. The first-order valence-electron chi connectivity index (χ1n) is 8.36. The Bertz CT molecular complexity index is 857. The monoisotopic (exact) mass is 455 g/mol. The number of carbonyl (C=O) groups excluding carboxylic acids is 2. The first-order chi connectivity index (χ1) is 12.8. The molecule has 0 spiro atoms. The zero-order valence-corrected chi connectivity index (χ0v) is 18.3. The summed E-state index contributed by atoms with van der Waals surface area (Å²) in [5.41, 5.74) is -1.70. The van der Waals surface area contributed by atoms with Gasteiger partial charge in [-0.2, -0.15) is 4.90 Å². The van der Waals surface area contributed by atoms with Crippen molar-refractivity contribution in [3.63, 3.8) is 0 Å². The zero-order valence-electron chi connectivity index (χ0n) is 16.7. The van der Waals surface area contributed by atoms with Gasteiger partial charge in [0, 0.05) is 6.92 Å². The number of anilines is 1. The molecule has 2 aromatic rings. The standard InChI is InChI=1S/C17H22BrN5O5/c1-9-21-22-13(26-9)11-12(19-8-10(18)20-11)23(14(24)27-16(2,3)4)15(25)28-17(5,6)7/h8H,1-7H3. The van der Waals surface area contributed by atoms with Crippen LogP contribution in [0.4, 0.5) is 15.4 Å². The molecule has 0 aromatic carbocycles. The number of nitrogens with zero attached hydrogens (tertiary/aromatic N) is 5. The molecule has 0 unspecified atom stereocenters. The molecule has 0 bridgehead atoms. The summed E-state index contributed by atoms with van der Waals surface area (Å²) in [7, 11) is 0. The van der Waals surface area contributed by atoms with Crippen molar-refractivity contribution >= 4 is 33.9 Å². The third-order valence-corrected chi connectivity index (χ3v) is 3.20. The lowest BCUT2D eigenvalue weighted by Crippen LogP contribution is -2.44. The van der Waals surface area contributed by atoms with Gasteiger partial charge in [0.25, 0.3) is 5.89 Å². The van der Waals surface area contributed by atoms with Gasteiger partial charge in [0.05, 0.1) is 6.20 Å². The van der Waals surface area contributed by atoms with E-state index in [0.29, 0.717) is 9.50 Å². The van der Waals surface area contributed by atoms with E-state index in [0.717, 1.165) is 0 Å². The van der Waals surface area contributed by atoms with Crippen LogP contribution in [0, 0.1) is 6.92 Å². The van der Waals surface area contributed by atoms with E-state index < -0.39 is 23.4 Å². The summed E-state index contributed by atoms with van der Waals surface area (Å²) in [6.45, 7) is 11.6. The highest BCUT2D eigenvalue weighted by atomic mass is 79.9. The van der Waals surface area contributed by atoms with E-state index in [4.69, 9.17) is 13.9 Å². The molecule has 152 valence electrons. The molecule has 0 saturated carbocycles. The number of aromatic nitrogens is 4. The molecule has 0 radical (unpaired) electrons. The quantitative estimate of drug-likeness (QED) is 0.652. The molecule has 0 aliphatic heterocycles. The molecule has 11 heteroatoms. The second-order valence-electron chi connectivity index (χ2n) is 7.79. The number of rotatable bonds is 2. The van der Waals surface area contributed by atoms with E-state index in [1.807, 2.05) is 0 Å². The minimum atomic E-state index is -0.976. The molecule has 10 nitrogen and oxygen atoms in total. The van der Waals surface area contributed by atoms with Gasteiger partial charge in [-0.15, -0.1) is 10.2 Å². The predicted molar refractivity (Wildman–Crippen MR) is 103 cm³/mol. The first-order valence-corrected chi connectivity index (χ1v) is 9.15. The topological polar surface area (TPSA) is 121 Å². The summed E-state index contributed by atoms with van der Waals surface area (Å²) >= 11 is 3.21. The lowest BCUT2D eigenvalue weighted by atomic mass is 10.2. The van der Waals surface area contributed by atoms with Crippen LogP contribution in [0.25, 0.3) is 11.6 Å². The Hall–Kier alpha value is -2.56. The van der Waals surface area contributed by atoms with Gasteiger partial charge in [-0.05, 0) is 57.5 Å². The average Bonchev–Trinajstić information content (AvgIpc) is 2.91. The van der Waals surface area contributed by atoms with Gasteiger partial charge < -0.3 is 13.9 Å². The van der Waals surface area contributed by atoms with Gasteiger partial charge >= 0.3 is 12.2 Å². The number of hydrogen-bond donors (Lipinski definition) is 0. The Morgan fingerprint density at radius 3 is 2.00 bits per heavy atom. The van der Waals surface area contributed by atoms with Crippen LogP contribution in [0.15, 0.2) is 15.2 Å². The first kappa shape index (κ1) is 21.7. The molecule has 0 aliphatic rings. The van der Waals surface area contributed by atoms with E-state index in [1.54, 1.807) is 48.5 Å². The highest BCUT2D eigenvalue weighted by Crippen LogP contribution is 2.30. The smallest absolute Gasteiger partial charge is 0.425 e. The summed E-state index contributed by atoms with van der Waals surface area (Å²) in [5.74, 6) is 0.109. The highest BCUT2D eigenvalue weighted by molar-refractivity contribution is 9.10. The Labute approximate surface area is 170 Å². The van der Waals surface area contributed by atoms with Crippen molar-refractivity contribution in [2.45, 2.75) is 59.7 Å². The van der Waals surface area contributed by atoms with Crippen LogP contribution >= 0.6 is 15.9 Å². The number of aryl methyl sites for hydroxylation is 1. The molecule has 2 heterocycles. The minimum Gasteiger partial charge on any atom is -0.443 e.